The summed E-state index contributed by atoms with van der Waals surface area (Å²) in [5, 5.41) is 13.2. The summed E-state index contributed by atoms with van der Waals surface area (Å²) in [6.45, 7) is 0.341. The number of carbonyl (C=O) groups excluding carboxylic acids is 1. The van der Waals surface area contributed by atoms with Crippen molar-refractivity contribution in [3.05, 3.63) is 63.3 Å². The van der Waals surface area contributed by atoms with Crippen LogP contribution < -0.4 is 5.32 Å². The lowest BCUT2D eigenvalue weighted by Gasteiger charge is -2.03. The van der Waals surface area contributed by atoms with Gasteiger partial charge >= 0.3 is 5.82 Å². The van der Waals surface area contributed by atoms with Gasteiger partial charge in [0, 0.05) is 18.5 Å². The zero-order valence-corrected chi connectivity index (χ0v) is 11.2. The number of carbonyl (C=O) groups is 1. The van der Waals surface area contributed by atoms with Gasteiger partial charge in [-0.25, -0.2) is 4.98 Å². The summed E-state index contributed by atoms with van der Waals surface area (Å²) in [5.74, 6) is -0.153. The molecule has 0 bridgehead atoms. The Morgan fingerprint density at radius 3 is 2.40 bits per heavy atom. The molecule has 0 radical (unpaired) electrons. The average molecular weight is 294 g/mol. The first kappa shape index (κ1) is 14.1. The van der Waals surface area contributed by atoms with E-state index in [4.69, 9.17) is 11.6 Å². The number of nitro groups is 1. The van der Waals surface area contributed by atoms with Crippen LogP contribution in [-0.4, -0.2) is 15.8 Å². The van der Waals surface area contributed by atoms with E-state index in [1.54, 1.807) is 0 Å². The van der Waals surface area contributed by atoms with Crippen LogP contribution in [0.5, 0.6) is 0 Å². The molecule has 6 nitrogen and oxygen atoms in total. The first-order valence-corrected chi connectivity index (χ1v) is 6.39. The van der Waals surface area contributed by atoms with Gasteiger partial charge in [-0.05, 0) is 22.1 Å². The van der Waals surface area contributed by atoms with Gasteiger partial charge in [0.1, 0.15) is 0 Å². The minimum atomic E-state index is -0.582. The van der Waals surface area contributed by atoms with E-state index in [0.717, 1.165) is 11.1 Å². The van der Waals surface area contributed by atoms with Crippen LogP contribution in [0.2, 0.25) is 0 Å². The van der Waals surface area contributed by atoms with E-state index >= 15 is 0 Å². The highest BCUT2D eigenvalue weighted by atomic mass is 35.5. The summed E-state index contributed by atoms with van der Waals surface area (Å²) >= 11 is 5.69. The van der Waals surface area contributed by atoms with Crippen LogP contribution >= 0.6 is 11.6 Å². The molecule has 104 valence electrons. The van der Waals surface area contributed by atoms with E-state index in [1.807, 2.05) is 24.3 Å². The Morgan fingerprint density at radius 2 is 1.85 bits per heavy atom. The molecule has 0 aliphatic carbocycles. The zero-order valence-electron chi connectivity index (χ0n) is 10.4. The van der Waals surface area contributed by atoms with Gasteiger partial charge in [-0.3, -0.25) is 4.79 Å². The van der Waals surface area contributed by atoms with Crippen molar-refractivity contribution >= 4 is 23.3 Å². The lowest BCUT2D eigenvalue weighted by atomic mass is 10.1. The topological polar surface area (TPSA) is 88.0 Å². The number of amides is 1. The van der Waals surface area contributed by atoms with E-state index in [9.17, 15) is 14.9 Å². The SMILES string of the molecule is O=C(NCc1ccc(CCl)cc1)c1ccc([N+](=O)[O-])[nH]1. The second-order valence-electron chi connectivity index (χ2n) is 4.15. The Labute approximate surface area is 119 Å². The van der Waals surface area contributed by atoms with Gasteiger partial charge in [0.05, 0.1) is 0 Å². The molecule has 0 saturated carbocycles. The van der Waals surface area contributed by atoms with Gasteiger partial charge in [-0.1, -0.05) is 24.3 Å². The normalized spacial score (nSPS) is 10.2. The number of hydrogen-bond acceptors (Lipinski definition) is 3. The summed E-state index contributed by atoms with van der Waals surface area (Å²) < 4.78 is 0. The standard InChI is InChI=1S/C13H12ClN3O3/c14-7-9-1-3-10(4-2-9)8-15-13(18)11-5-6-12(16-11)17(19)20/h1-6,16H,7-8H2,(H,15,18). The van der Waals surface area contributed by atoms with Crippen LogP contribution in [0.1, 0.15) is 21.6 Å². The Hall–Kier alpha value is -2.34. The Bertz CT molecular complexity index is 622. The third-order valence-electron chi connectivity index (χ3n) is 2.74. The molecule has 7 heteroatoms. The Morgan fingerprint density at radius 1 is 1.20 bits per heavy atom. The number of rotatable bonds is 5. The number of benzene rings is 1. The number of alkyl halides is 1. The molecule has 0 spiro atoms. The minimum Gasteiger partial charge on any atom is -0.358 e. The van der Waals surface area contributed by atoms with E-state index in [2.05, 4.69) is 10.3 Å². The molecule has 2 aromatic rings. The summed E-state index contributed by atoms with van der Waals surface area (Å²) in [6.07, 6.45) is 0. The van der Waals surface area contributed by atoms with Gasteiger partial charge < -0.3 is 15.4 Å². The van der Waals surface area contributed by atoms with Crippen LogP contribution in [0.15, 0.2) is 36.4 Å². The van der Waals surface area contributed by atoms with Gasteiger partial charge in [-0.2, -0.15) is 0 Å². The number of halogens is 1. The van der Waals surface area contributed by atoms with E-state index < -0.39 is 4.92 Å². The zero-order chi connectivity index (χ0) is 14.5. The quantitative estimate of drug-likeness (QED) is 0.504. The maximum Gasteiger partial charge on any atom is 0.321 e. The predicted molar refractivity (Wildman–Crippen MR) is 74.6 cm³/mol. The smallest absolute Gasteiger partial charge is 0.321 e. The lowest BCUT2D eigenvalue weighted by molar-refractivity contribution is -0.389. The largest absolute Gasteiger partial charge is 0.358 e. The van der Waals surface area contributed by atoms with Gasteiger partial charge in [0.15, 0.2) is 5.69 Å². The number of nitrogens with one attached hydrogen (secondary N) is 2. The second kappa shape index (κ2) is 6.21. The van der Waals surface area contributed by atoms with Gasteiger partial charge in [0.2, 0.25) is 0 Å². The number of nitrogens with zero attached hydrogens (tertiary/aromatic N) is 1. The molecule has 20 heavy (non-hydrogen) atoms. The number of aromatic amines is 1. The van der Waals surface area contributed by atoms with Crippen molar-refractivity contribution in [1.82, 2.24) is 10.3 Å². The van der Waals surface area contributed by atoms with E-state index in [-0.39, 0.29) is 17.4 Å². The van der Waals surface area contributed by atoms with Crippen molar-refractivity contribution in [2.45, 2.75) is 12.4 Å². The highest BCUT2D eigenvalue weighted by Gasteiger charge is 2.14. The molecule has 0 fully saturated rings. The highest BCUT2D eigenvalue weighted by Crippen LogP contribution is 2.10. The Kier molecular flexibility index (Phi) is 4.37. The third-order valence-corrected chi connectivity index (χ3v) is 3.05. The molecule has 0 atom stereocenters. The van der Waals surface area contributed by atoms with Crippen LogP contribution in [0, 0.1) is 10.1 Å². The number of aromatic nitrogens is 1. The monoisotopic (exact) mass is 293 g/mol. The van der Waals surface area contributed by atoms with Crippen molar-refractivity contribution < 1.29 is 9.72 Å². The molecule has 0 aliphatic rings. The summed E-state index contributed by atoms with van der Waals surface area (Å²) in [5.41, 5.74) is 2.09. The van der Waals surface area contributed by atoms with Crippen molar-refractivity contribution in [3.8, 4) is 0 Å². The molecule has 0 saturated heterocycles. The molecule has 2 N–H and O–H groups in total. The molecule has 1 aromatic carbocycles. The first-order valence-electron chi connectivity index (χ1n) is 5.85. The van der Waals surface area contributed by atoms with Gasteiger partial charge in [-0.15, -0.1) is 11.6 Å². The van der Waals surface area contributed by atoms with Gasteiger partial charge in [0.25, 0.3) is 5.91 Å². The van der Waals surface area contributed by atoms with E-state index in [1.165, 1.54) is 12.1 Å². The molecule has 1 aromatic heterocycles. The van der Waals surface area contributed by atoms with Crippen LogP contribution in [0.4, 0.5) is 5.82 Å². The van der Waals surface area contributed by atoms with Crippen LogP contribution in [0.25, 0.3) is 0 Å². The molecule has 1 amide bonds. The molecule has 1 heterocycles. The first-order chi connectivity index (χ1) is 9.60. The van der Waals surface area contributed by atoms with Crippen LogP contribution in [0.3, 0.4) is 0 Å². The summed E-state index contributed by atoms with van der Waals surface area (Å²) in [4.78, 5) is 24.2. The number of hydrogen-bond donors (Lipinski definition) is 2. The maximum absolute atomic E-state index is 11.8. The average Bonchev–Trinajstić information content (AvgIpc) is 2.95. The maximum atomic E-state index is 11.8. The molecular weight excluding hydrogens is 282 g/mol. The third kappa shape index (κ3) is 3.36. The molecule has 2 rings (SSSR count). The molecule has 0 unspecified atom stereocenters. The fraction of sp³-hybridized carbons (Fsp3) is 0.154. The van der Waals surface area contributed by atoms with E-state index in [0.29, 0.717) is 12.4 Å². The minimum absolute atomic E-state index is 0.161. The van der Waals surface area contributed by atoms with Crippen molar-refractivity contribution in [1.29, 1.82) is 0 Å². The predicted octanol–water partition coefficient (Wildman–Crippen LogP) is 2.59. The number of H-pyrrole nitrogens is 1. The molecular formula is C13H12ClN3O3. The fourth-order valence-corrected chi connectivity index (χ4v) is 1.82. The highest BCUT2D eigenvalue weighted by molar-refractivity contribution is 6.17. The van der Waals surface area contributed by atoms with Crippen LogP contribution in [-0.2, 0) is 12.4 Å². The van der Waals surface area contributed by atoms with Crippen molar-refractivity contribution in [2.75, 3.05) is 0 Å². The van der Waals surface area contributed by atoms with Crippen molar-refractivity contribution in [2.24, 2.45) is 0 Å². The summed E-state index contributed by atoms with van der Waals surface area (Å²) in [6, 6.07) is 10.1. The lowest BCUT2D eigenvalue weighted by Crippen LogP contribution is -2.23. The second-order valence-corrected chi connectivity index (χ2v) is 4.41. The van der Waals surface area contributed by atoms with Crippen molar-refractivity contribution in [3.63, 3.8) is 0 Å². The fourth-order valence-electron chi connectivity index (χ4n) is 1.65. The molecule has 0 aliphatic heterocycles. The Balaban J connectivity index is 1.95. The summed E-state index contributed by atoms with van der Waals surface area (Å²) in [7, 11) is 0.